The first kappa shape index (κ1) is 13.8. The third-order valence-corrected chi connectivity index (χ3v) is 3.18. The minimum absolute atomic E-state index is 0.0369. The van der Waals surface area contributed by atoms with Crippen LogP contribution >= 0.6 is 0 Å². The van der Waals surface area contributed by atoms with Gasteiger partial charge in [0, 0.05) is 23.4 Å². The summed E-state index contributed by atoms with van der Waals surface area (Å²) in [5.74, 6) is 2.26. The molecule has 0 heterocycles. The monoisotopic (exact) mass is 270 g/mol. The largest absolute Gasteiger partial charge is 0.301 e. The van der Waals surface area contributed by atoms with Gasteiger partial charge in [0.1, 0.15) is 0 Å². The number of non-ortho nitro benzene ring substituents is 1. The van der Waals surface area contributed by atoms with E-state index in [1.165, 1.54) is 24.3 Å². The number of rotatable bonds is 4. The number of terminal acetylenes is 1. The quantitative estimate of drug-likeness (QED) is 0.480. The molecule has 1 aromatic rings. The summed E-state index contributed by atoms with van der Waals surface area (Å²) in [7, 11) is 0. The van der Waals surface area contributed by atoms with E-state index in [1.54, 1.807) is 4.90 Å². The van der Waals surface area contributed by atoms with Crippen LogP contribution in [-0.2, 0) is 0 Å². The molecule has 0 atom stereocenters. The fourth-order valence-electron chi connectivity index (χ4n) is 2.18. The molecule has 0 fully saturated rings. The van der Waals surface area contributed by atoms with E-state index in [2.05, 4.69) is 5.92 Å². The van der Waals surface area contributed by atoms with E-state index in [-0.39, 0.29) is 18.1 Å². The molecule has 0 aromatic heterocycles. The van der Waals surface area contributed by atoms with Gasteiger partial charge in [-0.25, -0.2) is 0 Å². The van der Waals surface area contributed by atoms with Crippen LogP contribution in [0.4, 0.5) is 5.69 Å². The summed E-state index contributed by atoms with van der Waals surface area (Å²) < 4.78 is 0. The molecule has 0 radical (unpaired) electrons. The van der Waals surface area contributed by atoms with Gasteiger partial charge in [-0.05, 0) is 31.4 Å². The Balaban J connectivity index is 2.23. The Morgan fingerprint density at radius 3 is 2.60 bits per heavy atom. The molecule has 1 aromatic carbocycles. The Kier molecular flexibility index (Phi) is 4.16. The van der Waals surface area contributed by atoms with Crippen LogP contribution in [0.15, 0.2) is 36.0 Å². The minimum Gasteiger partial charge on any atom is -0.301 e. The summed E-state index contributed by atoms with van der Waals surface area (Å²) in [5.41, 5.74) is 1.30. The third-order valence-electron chi connectivity index (χ3n) is 3.18. The van der Waals surface area contributed by atoms with Crippen molar-refractivity contribution < 1.29 is 9.72 Å². The van der Waals surface area contributed by atoms with Crippen molar-refractivity contribution in [2.45, 2.75) is 19.3 Å². The molecule has 102 valence electrons. The average Bonchev–Trinajstić information content (AvgIpc) is 2.98. The van der Waals surface area contributed by atoms with Gasteiger partial charge in [-0.3, -0.25) is 14.9 Å². The number of benzene rings is 1. The van der Waals surface area contributed by atoms with Gasteiger partial charge in [0.2, 0.25) is 0 Å². The molecule has 0 spiro atoms. The van der Waals surface area contributed by atoms with Crippen LogP contribution in [-0.4, -0.2) is 22.3 Å². The first-order valence-corrected chi connectivity index (χ1v) is 6.32. The number of nitro groups is 1. The maximum absolute atomic E-state index is 12.4. The molecule has 0 bridgehead atoms. The maximum Gasteiger partial charge on any atom is 0.269 e. The summed E-state index contributed by atoms with van der Waals surface area (Å²) >= 11 is 0. The first-order chi connectivity index (χ1) is 9.63. The first-order valence-electron chi connectivity index (χ1n) is 6.32. The number of carbonyl (C=O) groups excluding carboxylic acids is 1. The number of amides is 1. The fraction of sp³-hybridized carbons (Fsp3) is 0.267. The van der Waals surface area contributed by atoms with Gasteiger partial charge in [0.05, 0.1) is 11.5 Å². The number of allylic oxidation sites excluding steroid dienone is 2. The van der Waals surface area contributed by atoms with Crippen molar-refractivity contribution in [3.8, 4) is 12.3 Å². The van der Waals surface area contributed by atoms with Crippen LogP contribution < -0.4 is 0 Å². The standard InChI is InChI=1S/C15H14N2O3/c1-2-11-16(13-5-3-4-6-13)15(18)12-7-9-14(10-8-12)17(19)20/h1,5,7-10H,3-4,6,11H2. The highest BCUT2D eigenvalue weighted by molar-refractivity contribution is 5.95. The molecule has 5 nitrogen and oxygen atoms in total. The molecular weight excluding hydrogens is 256 g/mol. The number of hydrogen-bond acceptors (Lipinski definition) is 3. The van der Waals surface area contributed by atoms with E-state index in [0.29, 0.717) is 5.56 Å². The van der Waals surface area contributed by atoms with Crippen molar-refractivity contribution in [1.82, 2.24) is 4.90 Å². The molecule has 1 amide bonds. The Morgan fingerprint density at radius 1 is 1.40 bits per heavy atom. The smallest absolute Gasteiger partial charge is 0.269 e. The summed E-state index contributed by atoms with van der Waals surface area (Å²) in [4.78, 5) is 24.1. The second kappa shape index (κ2) is 6.02. The number of nitro benzene ring substituents is 1. The fourth-order valence-corrected chi connectivity index (χ4v) is 2.18. The normalized spacial score (nSPS) is 13.4. The van der Waals surface area contributed by atoms with Crippen LogP contribution in [0, 0.1) is 22.5 Å². The number of hydrogen-bond donors (Lipinski definition) is 0. The second-order valence-electron chi connectivity index (χ2n) is 4.49. The van der Waals surface area contributed by atoms with Crippen LogP contribution in [0.2, 0.25) is 0 Å². The van der Waals surface area contributed by atoms with Gasteiger partial charge >= 0.3 is 0 Å². The maximum atomic E-state index is 12.4. The average molecular weight is 270 g/mol. The van der Waals surface area contributed by atoms with Crippen molar-refractivity contribution >= 4 is 11.6 Å². The van der Waals surface area contributed by atoms with Crippen molar-refractivity contribution in [1.29, 1.82) is 0 Å². The molecule has 0 saturated heterocycles. The molecule has 0 saturated carbocycles. The third kappa shape index (κ3) is 2.86. The lowest BCUT2D eigenvalue weighted by Crippen LogP contribution is -2.30. The summed E-state index contributed by atoms with van der Waals surface area (Å²) in [6.07, 6.45) is 10.1. The van der Waals surface area contributed by atoms with Gasteiger partial charge in [-0.15, -0.1) is 6.42 Å². The lowest BCUT2D eigenvalue weighted by Gasteiger charge is -2.21. The van der Waals surface area contributed by atoms with Gasteiger partial charge in [0.25, 0.3) is 11.6 Å². The van der Waals surface area contributed by atoms with Crippen LogP contribution in [0.5, 0.6) is 0 Å². The predicted octanol–water partition coefficient (Wildman–Crippen LogP) is 2.74. The van der Waals surface area contributed by atoms with Gasteiger partial charge < -0.3 is 4.90 Å². The lowest BCUT2D eigenvalue weighted by atomic mass is 10.1. The van der Waals surface area contributed by atoms with E-state index < -0.39 is 4.92 Å². The molecule has 2 rings (SSSR count). The van der Waals surface area contributed by atoms with Crippen LogP contribution in [0.3, 0.4) is 0 Å². The Bertz CT molecular complexity index is 597. The van der Waals surface area contributed by atoms with Crippen LogP contribution in [0.1, 0.15) is 29.6 Å². The summed E-state index contributed by atoms with van der Waals surface area (Å²) in [5, 5.41) is 10.6. The van der Waals surface area contributed by atoms with E-state index in [0.717, 1.165) is 25.0 Å². The Morgan fingerprint density at radius 2 is 2.10 bits per heavy atom. The second-order valence-corrected chi connectivity index (χ2v) is 4.49. The van der Waals surface area contributed by atoms with E-state index in [9.17, 15) is 14.9 Å². The molecule has 1 aliphatic rings. The molecule has 0 unspecified atom stereocenters. The van der Waals surface area contributed by atoms with Crippen molar-refractivity contribution in [3.63, 3.8) is 0 Å². The summed E-state index contributed by atoms with van der Waals surface area (Å²) in [6, 6.07) is 5.56. The van der Waals surface area contributed by atoms with E-state index in [4.69, 9.17) is 6.42 Å². The molecule has 0 N–H and O–H groups in total. The molecular formula is C15H14N2O3. The molecule has 20 heavy (non-hydrogen) atoms. The topological polar surface area (TPSA) is 63.5 Å². The van der Waals surface area contributed by atoms with Crippen LogP contribution in [0.25, 0.3) is 0 Å². The zero-order valence-corrected chi connectivity index (χ0v) is 10.9. The Hall–Kier alpha value is -2.61. The van der Waals surface area contributed by atoms with Gasteiger partial charge in [-0.2, -0.15) is 0 Å². The van der Waals surface area contributed by atoms with E-state index >= 15 is 0 Å². The summed E-state index contributed by atoms with van der Waals surface area (Å²) in [6.45, 7) is 0.210. The van der Waals surface area contributed by atoms with Gasteiger partial charge in [0.15, 0.2) is 0 Å². The van der Waals surface area contributed by atoms with Crippen molar-refractivity contribution in [2.75, 3.05) is 6.54 Å². The van der Waals surface area contributed by atoms with Gasteiger partial charge in [-0.1, -0.05) is 12.0 Å². The highest BCUT2D eigenvalue weighted by atomic mass is 16.6. The SMILES string of the molecule is C#CCN(C(=O)c1ccc([N+](=O)[O-])cc1)C1=CCCC1. The number of carbonyl (C=O) groups is 1. The predicted molar refractivity (Wildman–Crippen MR) is 74.9 cm³/mol. The zero-order chi connectivity index (χ0) is 14.5. The zero-order valence-electron chi connectivity index (χ0n) is 10.9. The van der Waals surface area contributed by atoms with Crippen molar-refractivity contribution in [2.24, 2.45) is 0 Å². The molecule has 5 heteroatoms. The Labute approximate surface area is 117 Å². The van der Waals surface area contributed by atoms with E-state index in [1.807, 2.05) is 6.08 Å². The van der Waals surface area contributed by atoms with Crippen molar-refractivity contribution in [3.05, 3.63) is 51.7 Å². The minimum atomic E-state index is -0.493. The highest BCUT2D eigenvalue weighted by Crippen LogP contribution is 2.23. The lowest BCUT2D eigenvalue weighted by molar-refractivity contribution is -0.384. The highest BCUT2D eigenvalue weighted by Gasteiger charge is 2.21. The number of nitrogens with zero attached hydrogens (tertiary/aromatic N) is 2. The molecule has 0 aliphatic heterocycles. The molecule has 1 aliphatic carbocycles.